The fraction of sp³-hybridized carbons (Fsp3) is 1.00. The van der Waals surface area contributed by atoms with Crippen LogP contribution in [0.2, 0.25) is 0 Å². The van der Waals surface area contributed by atoms with Crippen LogP contribution in [0.15, 0.2) is 0 Å². The number of nitrogens with one attached hydrogen (secondary N) is 1. The molecule has 132 valence electrons. The lowest BCUT2D eigenvalue weighted by Gasteiger charge is -2.41. The monoisotopic (exact) mass is 310 g/mol. The topological polar surface area (TPSA) is 15.3 Å². The van der Waals surface area contributed by atoms with Gasteiger partial charge in [0.15, 0.2) is 0 Å². The van der Waals surface area contributed by atoms with Gasteiger partial charge in [-0.15, -0.1) is 0 Å². The average Bonchev–Trinajstić information content (AvgIpc) is 2.45. The van der Waals surface area contributed by atoms with Crippen LogP contribution in [0.1, 0.15) is 86.5 Å². The van der Waals surface area contributed by atoms with Gasteiger partial charge in [-0.2, -0.15) is 0 Å². The van der Waals surface area contributed by atoms with Gasteiger partial charge in [-0.1, -0.05) is 46.5 Å². The summed E-state index contributed by atoms with van der Waals surface area (Å²) in [7, 11) is 0. The summed E-state index contributed by atoms with van der Waals surface area (Å²) in [6.07, 6.45) is 9.65. The summed E-state index contributed by atoms with van der Waals surface area (Å²) in [6, 6.07) is 0.763. The summed E-state index contributed by atoms with van der Waals surface area (Å²) in [6.45, 7) is 17.8. The van der Waals surface area contributed by atoms with Crippen molar-refractivity contribution in [2.45, 2.75) is 98.1 Å². The Hall–Kier alpha value is -0.0800. The molecule has 1 rings (SSSR count). The van der Waals surface area contributed by atoms with E-state index in [1.54, 1.807) is 0 Å². The SMILES string of the molecule is CC(C)C(C)CCCCCCNC1CCN(C(C)(C)C)CC1. The van der Waals surface area contributed by atoms with E-state index in [4.69, 9.17) is 0 Å². The van der Waals surface area contributed by atoms with Gasteiger partial charge in [-0.05, 0) is 58.4 Å². The van der Waals surface area contributed by atoms with Gasteiger partial charge in [0.05, 0.1) is 0 Å². The molecule has 0 aromatic rings. The number of unbranched alkanes of at least 4 members (excludes halogenated alkanes) is 3. The van der Waals surface area contributed by atoms with E-state index >= 15 is 0 Å². The van der Waals surface area contributed by atoms with Gasteiger partial charge < -0.3 is 5.32 Å². The largest absolute Gasteiger partial charge is 0.314 e. The highest BCUT2D eigenvalue weighted by atomic mass is 15.2. The standard InChI is InChI=1S/C20H42N2/c1-17(2)18(3)11-9-7-8-10-14-21-19-12-15-22(16-13-19)20(4,5)6/h17-19,21H,7-16H2,1-6H3. The Morgan fingerprint density at radius 2 is 1.55 bits per heavy atom. The molecule has 0 saturated carbocycles. The highest BCUT2D eigenvalue weighted by Gasteiger charge is 2.26. The maximum Gasteiger partial charge on any atom is 0.0125 e. The second-order valence-electron chi connectivity index (χ2n) is 8.81. The summed E-state index contributed by atoms with van der Waals surface area (Å²) in [5, 5.41) is 3.78. The third-order valence-electron chi connectivity index (χ3n) is 5.60. The Morgan fingerprint density at radius 3 is 2.09 bits per heavy atom. The molecular weight excluding hydrogens is 268 g/mol. The first kappa shape index (κ1) is 20.0. The third-order valence-corrected chi connectivity index (χ3v) is 5.60. The van der Waals surface area contributed by atoms with Crippen LogP contribution in [-0.4, -0.2) is 36.1 Å². The normalized spacial score (nSPS) is 19.8. The van der Waals surface area contributed by atoms with Crippen LogP contribution < -0.4 is 5.32 Å². The molecule has 0 aromatic carbocycles. The van der Waals surface area contributed by atoms with Crippen LogP contribution in [0.4, 0.5) is 0 Å². The number of hydrogen-bond donors (Lipinski definition) is 1. The minimum absolute atomic E-state index is 0.345. The van der Waals surface area contributed by atoms with Crippen LogP contribution >= 0.6 is 0 Å². The maximum atomic E-state index is 3.78. The summed E-state index contributed by atoms with van der Waals surface area (Å²) in [4.78, 5) is 2.63. The zero-order valence-corrected chi connectivity index (χ0v) is 16.3. The fourth-order valence-electron chi connectivity index (χ4n) is 3.34. The van der Waals surface area contributed by atoms with Crippen molar-refractivity contribution in [2.24, 2.45) is 11.8 Å². The van der Waals surface area contributed by atoms with Crippen molar-refractivity contribution in [2.75, 3.05) is 19.6 Å². The molecular formula is C20H42N2. The summed E-state index contributed by atoms with van der Waals surface area (Å²) < 4.78 is 0. The van der Waals surface area contributed by atoms with Gasteiger partial charge in [0.2, 0.25) is 0 Å². The van der Waals surface area contributed by atoms with Crippen molar-refractivity contribution in [1.29, 1.82) is 0 Å². The molecule has 1 atom stereocenters. The van der Waals surface area contributed by atoms with Gasteiger partial charge in [-0.25, -0.2) is 0 Å². The minimum Gasteiger partial charge on any atom is -0.314 e. The van der Waals surface area contributed by atoms with Gasteiger partial charge >= 0.3 is 0 Å². The zero-order valence-electron chi connectivity index (χ0n) is 16.3. The molecule has 1 saturated heterocycles. The quantitative estimate of drug-likeness (QED) is 0.597. The van der Waals surface area contributed by atoms with Gasteiger partial charge in [0, 0.05) is 24.7 Å². The Balaban J connectivity index is 1.96. The maximum absolute atomic E-state index is 3.78. The number of rotatable bonds is 9. The van der Waals surface area contributed by atoms with E-state index in [1.807, 2.05) is 0 Å². The molecule has 1 aliphatic heterocycles. The van der Waals surface area contributed by atoms with Crippen LogP contribution in [0.25, 0.3) is 0 Å². The Bertz CT molecular complexity index is 272. The second kappa shape index (κ2) is 9.93. The molecule has 1 heterocycles. The van der Waals surface area contributed by atoms with Crippen molar-refractivity contribution in [1.82, 2.24) is 10.2 Å². The molecule has 1 fully saturated rings. The third kappa shape index (κ3) is 7.97. The zero-order chi connectivity index (χ0) is 16.6. The molecule has 1 N–H and O–H groups in total. The lowest BCUT2D eigenvalue weighted by atomic mass is 9.92. The predicted molar refractivity (Wildman–Crippen MR) is 99.4 cm³/mol. The molecule has 0 bridgehead atoms. The lowest BCUT2D eigenvalue weighted by molar-refractivity contribution is 0.0963. The van der Waals surface area contributed by atoms with Crippen molar-refractivity contribution in [3.05, 3.63) is 0 Å². The Morgan fingerprint density at radius 1 is 0.955 bits per heavy atom. The predicted octanol–water partition coefficient (Wildman–Crippen LogP) is 5.08. The van der Waals surface area contributed by atoms with Crippen molar-refractivity contribution >= 4 is 0 Å². The highest BCUT2D eigenvalue weighted by molar-refractivity contribution is 4.84. The van der Waals surface area contributed by atoms with Crippen molar-refractivity contribution in [3.8, 4) is 0 Å². The average molecular weight is 311 g/mol. The first-order valence-electron chi connectivity index (χ1n) is 9.79. The Kier molecular flexibility index (Phi) is 9.01. The molecule has 22 heavy (non-hydrogen) atoms. The number of likely N-dealkylation sites (tertiary alicyclic amines) is 1. The minimum atomic E-state index is 0.345. The summed E-state index contributed by atoms with van der Waals surface area (Å²) >= 11 is 0. The molecule has 0 aliphatic carbocycles. The van der Waals surface area contributed by atoms with Gasteiger partial charge in [0.1, 0.15) is 0 Å². The molecule has 0 amide bonds. The molecule has 2 nitrogen and oxygen atoms in total. The lowest BCUT2D eigenvalue weighted by Crippen LogP contribution is -2.50. The van der Waals surface area contributed by atoms with E-state index in [-0.39, 0.29) is 0 Å². The number of piperidine rings is 1. The molecule has 1 unspecified atom stereocenters. The summed E-state index contributed by atoms with van der Waals surface area (Å²) in [5.41, 5.74) is 0.345. The molecule has 0 aromatic heterocycles. The smallest absolute Gasteiger partial charge is 0.0125 e. The first-order valence-corrected chi connectivity index (χ1v) is 9.79. The van der Waals surface area contributed by atoms with Crippen LogP contribution in [0.3, 0.4) is 0 Å². The van der Waals surface area contributed by atoms with E-state index in [0.717, 1.165) is 17.9 Å². The highest BCUT2D eigenvalue weighted by Crippen LogP contribution is 2.20. The second-order valence-corrected chi connectivity index (χ2v) is 8.81. The fourth-order valence-corrected chi connectivity index (χ4v) is 3.34. The van der Waals surface area contributed by atoms with Crippen molar-refractivity contribution < 1.29 is 0 Å². The Labute approximate surface area is 140 Å². The van der Waals surface area contributed by atoms with Crippen molar-refractivity contribution in [3.63, 3.8) is 0 Å². The molecule has 2 heteroatoms. The molecule has 1 aliphatic rings. The molecule has 0 spiro atoms. The first-order chi connectivity index (χ1) is 10.3. The van der Waals surface area contributed by atoms with E-state index < -0.39 is 0 Å². The van der Waals surface area contributed by atoms with Crippen LogP contribution in [0, 0.1) is 11.8 Å². The van der Waals surface area contributed by atoms with Gasteiger partial charge in [0.25, 0.3) is 0 Å². The van der Waals surface area contributed by atoms with E-state index in [0.29, 0.717) is 5.54 Å². The number of nitrogens with zero attached hydrogens (tertiary/aromatic N) is 1. The van der Waals surface area contributed by atoms with Crippen LogP contribution in [-0.2, 0) is 0 Å². The van der Waals surface area contributed by atoms with E-state index in [9.17, 15) is 0 Å². The number of hydrogen-bond acceptors (Lipinski definition) is 2. The molecule has 0 radical (unpaired) electrons. The van der Waals surface area contributed by atoms with E-state index in [2.05, 4.69) is 51.8 Å². The summed E-state index contributed by atoms with van der Waals surface area (Å²) in [5.74, 6) is 1.74. The van der Waals surface area contributed by atoms with Gasteiger partial charge in [-0.3, -0.25) is 4.90 Å². The van der Waals surface area contributed by atoms with E-state index in [1.165, 1.54) is 64.6 Å². The van der Waals surface area contributed by atoms with Crippen LogP contribution in [0.5, 0.6) is 0 Å².